The number of nitrogens with one attached hydrogen (secondary N) is 1. The van der Waals surface area contributed by atoms with Crippen LogP contribution in [-0.4, -0.2) is 18.4 Å². The third-order valence-electron chi connectivity index (χ3n) is 4.38. The summed E-state index contributed by atoms with van der Waals surface area (Å²) in [6.45, 7) is 4.32. The lowest BCUT2D eigenvalue weighted by Gasteiger charge is -2.18. The standard InChI is InChI=1S/C19H18Br2N2O2/c1-11-7-15(21)8-12(2)18(11)22-19(25)13-9-17(24)23(10-13)16-5-3-14(20)4-6-16/h3-8,13H,9-10H2,1-2H3,(H,22,25)/t13-/m0/s1. The normalized spacial score (nSPS) is 17.0. The molecule has 0 aromatic heterocycles. The van der Waals surface area contributed by atoms with E-state index in [4.69, 9.17) is 0 Å². The number of anilines is 2. The van der Waals surface area contributed by atoms with Crippen molar-refractivity contribution in [3.63, 3.8) is 0 Å². The van der Waals surface area contributed by atoms with Crippen LogP contribution in [0.2, 0.25) is 0 Å². The maximum absolute atomic E-state index is 12.7. The molecule has 1 fully saturated rings. The van der Waals surface area contributed by atoms with E-state index in [1.165, 1.54) is 0 Å². The number of aryl methyl sites for hydroxylation is 2. The average Bonchev–Trinajstić information content (AvgIpc) is 2.93. The zero-order valence-electron chi connectivity index (χ0n) is 14.0. The second-order valence-corrected chi connectivity index (χ2v) is 8.12. The Morgan fingerprint density at radius 3 is 2.28 bits per heavy atom. The number of carbonyl (C=O) groups is 2. The van der Waals surface area contributed by atoms with Gasteiger partial charge in [0, 0.05) is 33.3 Å². The maximum Gasteiger partial charge on any atom is 0.229 e. The van der Waals surface area contributed by atoms with Crippen LogP contribution in [0.3, 0.4) is 0 Å². The van der Waals surface area contributed by atoms with Crippen molar-refractivity contribution in [1.82, 2.24) is 0 Å². The molecule has 25 heavy (non-hydrogen) atoms. The summed E-state index contributed by atoms with van der Waals surface area (Å²) in [5, 5.41) is 3.00. The minimum atomic E-state index is -0.349. The van der Waals surface area contributed by atoms with Gasteiger partial charge in [-0.05, 0) is 61.4 Å². The van der Waals surface area contributed by atoms with Crippen molar-refractivity contribution in [3.05, 3.63) is 56.5 Å². The molecular weight excluding hydrogens is 448 g/mol. The molecule has 1 saturated heterocycles. The molecule has 1 aliphatic rings. The van der Waals surface area contributed by atoms with Crippen LogP contribution in [0.1, 0.15) is 17.5 Å². The van der Waals surface area contributed by atoms with E-state index in [9.17, 15) is 9.59 Å². The van der Waals surface area contributed by atoms with Gasteiger partial charge in [0.15, 0.2) is 0 Å². The predicted octanol–water partition coefficient (Wildman–Crippen LogP) is 4.82. The highest BCUT2D eigenvalue weighted by Gasteiger charge is 2.35. The van der Waals surface area contributed by atoms with Gasteiger partial charge < -0.3 is 10.2 Å². The lowest BCUT2D eigenvalue weighted by molar-refractivity contribution is -0.122. The summed E-state index contributed by atoms with van der Waals surface area (Å²) >= 11 is 6.85. The number of nitrogens with zero attached hydrogens (tertiary/aromatic N) is 1. The van der Waals surface area contributed by atoms with Crippen LogP contribution in [0, 0.1) is 19.8 Å². The van der Waals surface area contributed by atoms with Crippen molar-refractivity contribution in [2.24, 2.45) is 5.92 Å². The van der Waals surface area contributed by atoms with Gasteiger partial charge >= 0.3 is 0 Å². The second kappa shape index (κ2) is 7.30. The summed E-state index contributed by atoms with van der Waals surface area (Å²) in [6.07, 6.45) is 0.233. The van der Waals surface area contributed by atoms with Gasteiger partial charge in [0.2, 0.25) is 11.8 Å². The Morgan fingerprint density at radius 1 is 1.08 bits per heavy atom. The minimum absolute atomic E-state index is 0.0216. The highest BCUT2D eigenvalue weighted by atomic mass is 79.9. The average molecular weight is 466 g/mol. The Labute approximate surface area is 163 Å². The summed E-state index contributed by atoms with van der Waals surface area (Å²) in [5.41, 5.74) is 3.63. The number of hydrogen-bond acceptors (Lipinski definition) is 2. The fourth-order valence-corrected chi connectivity index (χ4v) is 4.04. The number of amides is 2. The zero-order chi connectivity index (χ0) is 18.1. The Bertz CT molecular complexity index is 811. The number of halogens is 2. The van der Waals surface area contributed by atoms with Gasteiger partial charge in [-0.1, -0.05) is 31.9 Å². The molecule has 1 heterocycles. The number of benzene rings is 2. The van der Waals surface area contributed by atoms with Gasteiger partial charge in [-0.2, -0.15) is 0 Å². The number of carbonyl (C=O) groups excluding carboxylic acids is 2. The van der Waals surface area contributed by atoms with Crippen LogP contribution in [0.4, 0.5) is 11.4 Å². The molecule has 0 radical (unpaired) electrons. The molecule has 2 amide bonds. The smallest absolute Gasteiger partial charge is 0.229 e. The molecule has 1 N–H and O–H groups in total. The number of hydrogen-bond donors (Lipinski definition) is 1. The van der Waals surface area contributed by atoms with Gasteiger partial charge in [0.1, 0.15) is 0 Å². The van der Waals surface area contributed by atoms with Crippen molar-refractivity contribution in [3.8, 4) is 0 Å². The van der Waals surface area contributed by atoms with E-state index in [0.717, 1.165) is 31.4 Å². The summed E-state index contributed by atoms with van der Waals surface area (Å²) in [6, 6.07) is 11.5. The molecule has 0 aliphatic carbocycles. The second-order valence-electron chi connectivity index (χ2n) is 6.29. The van der Waals surface area contributed by atoms with Crippen LogP contribution in [0.15, 0.2) is 45.3 Å². The molecule has 0 spiro atoms. The van der Waals surface area contributed by atoms with Gasteiger partial charge in [-0.15, -0.1) is 0 Å². The fraction of sp³-hybridized carbons (Fsp3) is 0.263. The van der Waals surface area contributed by atoms with Gasteiger partial charge in [-0.3, -0.25) is 9.59 Å². The van der Waals surface area contributed by atoms with Crippen molar-refractivity contribution < 1.29 is 9.59 Å². The third-order valence-corrected chi connectivity index (χ3v) is 5.37. The SMILES string of the molecule is Cc1cc(Br)cc(C)c1NC(=O)[C@H]1CC(=O)N(c2ccc(Br)cc2)C1. The molecule has 1 aliphatic heterocycles. The van der Waals surface area contributed by atoms with Crippen LogP contribution in [-0.2, 0) is 9.59 Å². The molecule has 1 atom stereocenters. The largest absolute Gasteiger partial charge is 0.325 e. The van der Waals surface area contributed by atoms with E-state index in [1.807, 2.05) is 50.2 Å². The highest BCUT2D eigenvalue weighted by Crippen LogP contribution is 2.29. The van der Waals surface area contributed by atoms with Gasteiger partial charge in [0.05, 0.1) is 5.92 Å². The van der Waals surface area contributed by atoms with E-state index in [-0.39, 0.29) is 24.2 Å². The van der Waals surface area contributed by atoms with Crippen LogP contribution < -0.4 is 10.2 Å². The Hall–Kier alpha value is -1.66. The lowest BCUT2D eigenvalue weighted by atomic mass is 10.1. The summed E-state index contributed by atoms with van der Waals surface area (Å²) < 4.78 is 1.94. The van der Waals surface area contributed by atoms with Crippen LogP contribution in [0.5, 0.6) is 0 Å². The zero-order valence-corrected chi connectivity index (χ0v) is 17.1. The van der Waals surface area contributed by atoms with E-state index in [1.54, 1.807) is 4.90 Å². The Morgan fingerprint density at radius 2 is 1.68 bits per heavy atom. The summed E-state index contributed by atoms with van der Waals surface area (Å²) in [7, 11) is 0. The third kappa shape index (κ3) is 3.96. The molecule has 2 aromatic carbocycles. The van der Waals surface area contributed by atoms with E-state index in [0.29, 0.717) is 6.54 Å². The Balaban J connectivity index is 1.74. The van der Waals surface area contributed by atoms with Crippen LogP contribution in [0.25, 0.3) is 0 Å². The monoisotopic (exact) mass is 464 g/mol. The molecule has 0 unspecified atom stereocenters. The van der Waals surface area contributed by atoms with Crippen molar-refractivity contribution in [1.29, 1.82) is 0 Å². The molecule has 130 valence electrons. The molecular formula is C19H18Br2N2O2. The first-order valence-corrected chi connectivity index (χ1v) is 9.57. The molecule has 6 heteroatoms. The van der Waals surface area contributed by atoms with Crippen molar-refractivity contribution in [2.45, 2.75) is 20.3 Å². The first-order valence-electron chi connectivity index (χ1n) is 7.98. The van der Waals surface area contributed by atoms with E-state index >= 15 is 0 Å². The van der Waals surface area contributed by atoms with Gasteiger partial charge in [0.25, 0.3) is 0 Å². The van der Waals surface area contributed by atoms with E-state index < -0.39 is 0 Å². The molecule has 0 saturated carbocycles. The van der Waals surface area contributed by atoms with Crippen LogP contribution >= 0.6 is 31.9 Å². The molecule has 0 bridgehead atoms. The summed E-state index contributed by atoms with van der Waals surface area (Å²) in [4.78, 5) is 26.7. The maximum atomic E-state index is 12.7. The molecule has 4 nitrogen and oxygen atoms in total. The topological polar surface area (TPSA) is 49.4 Å². The summed E-state index contributed by atoms with van der Waals surface area (Å²) in [5.74, 6) is -0.480. The minimum Gasteiger partial charge on any atom is -0.325 e. The quantitative estimate of drug-likeness (QED) is 0.706. The van der Waals surface area contributed by atoms with Gasteiger partial charge in [-0.25, -0.2) is 0 Å². The van der Waals surface area contributed by atoms with Crippen molar-refractivity contribution in [2.75, 3.05) is 16.8 Å². The molecule has 2 aromatic rings. The first kappa shape index (κ1) is 18.1. The first-order chi connectivity index (χ1) is 11.8. The predicted molar refractivity (Wildman–Crippen MR) is 107 cm³/mol. The fourth-order valence-electron chi connectivity index (χ4n) is 3.09. The molecule has 3 rings (SSSR count). The lowest BCUT2D eigenvalue weighted by Crippen LogP contribution is -2.28. The highest BCUT2D eigenvalue weighted by molar-refractivity contribution is 9.10. The Kier molecular flexibility index (Phi) is 5.29. The van der Waals surface area contributed by atoms with E-state index in [2.05, 4.69) is 37.2 Å². The number of rotatable bonds is 3. The van der Waals surface area contributed by atoms with Crippen molar-refractivity contribution >= 4 is 55.0 Å².